The van der Waals surface area contributed by atoms with Crippen LogP contribution in [0.2, 0.25) is 5.02 Å². The van der Waals surface area contributed by atoms with E-state index in [1.54, 1.807) is 0 Å². The molecule has 0 aromatic heterocycles. The molecular formula is C15H16ClNO4. The number of anilines is 1. The van der Waals surface area contributed by atoms with Gasteiger partial charge in [-0.05, 0) is 31.0 Å². The fourth-order valence-corrected chi connectivity index (χ4v) is 2.88. The molecule has 1 saturated heterocycles. The highest BCUT2D eigenvalue weighted by Gasteiger charge is 2.50. The summed E-state index contributed by atoms with van der Waals surface area (Å²) in [5, 5.41) is 9.52. The molecule has 0 bridgehead atoms. The highest BCUT2D eigenvalue weighted by molar-refractivity contribution is 6.32. The number of amides is 2. The first-order valence-corrected chi connectivity index (χ1v) is 7.14. The molecule has 1 fully saturated rings. The van der Waals surface area contributed by atoms with E-state index < -0.39 is 11.4 Å². The van der Waals surface area contributed by atoms with Crippen molar-refractivity contribution in [3.63, 3.8) is 0 Å². The second-order valence-corrected chi connectivity index (χ2v) is 5.60. The fraction of sp³-hybridized carbons (Fsp3) is 0.400. The average molecular weight is 310 g/mol. The van der Waals surface area contributed by atoms with Gasteiger partial charge in [0.2, 0.25) is 11.8 Å². The summed E-state index contributed by atoms with van der Waals surface area (Å²) in [5.41, 5.74) is -0.798. The first-order valence-electron chi connectivity index (χ1n) is 6.76. The van der Waals surface area contributed by atoms with Crippen LogP contribution in [0.4, 0.5) is 5.69 Å². The second kappa shape index (κ2) is 5.48. The molecule has 1 aromatic carbocycles. The molecule has 6 heteroatoms. The van der Waals surface area contributed by atoms with Crippen LogP contribution in [-0.2, 0) is 9.59 Å². The van der Waals surface area contributed by atoms with Gasteiger partial charge in [-0.3, -0.25) is 9.59 Å². The Labute approximate surface area is 127 Å². The maximum atomic E-state index is 12.7. The van der Waals surface area contributed by atoms with Gasteiger partial charge >= 0.3 is 5.97 Å². The number of carbonyl (C=O) groups excluding carboxylic acids is 2. The smallest absolute Gasteiger partial charge is 0.337 e. The SMILES string of the molecule is CCC1(CC)CC(=O)N(c2cc(Cl)ccc2C(=O)O)C1=O. The highest BCUT2D eigenvalue weighted by atomic mass is 35.5. The molecule has 2 rings (SSSR count). The lowest BCUT2D eigenvalue weighted by molar-refractivity contribution is -0.126. The number of nitrogens with zero attached hydrogens (tertiary/aromatic N) is 1. The maximum absolute atomic E-state index is 12.7. The quantitative estimate of drug-likeness (QED) is 0.867. The van der Waals surface area contributed by atoms with E-state index in [0.29, 0.717) is 12.8 Å². The molecule has 21 heavy (non-hydrogen) atoms. The molecule has 2 amide bonds. The van der Waals surface area contributed by atoms with Crippen molar-refractivity contribution >= 4 is 35.1 Å². The Bertz CT molecular complexity index is 622. The molecule has 1 aromatic rings. The minimum Gasteiger partial charge on any atom is -0.478 e. The molecule has 5 nitrogen and oxygen atoms in total. The monoisotopic (exact) mass is 309 g/mol. The van der Waals surface area contributed by atoms with E-state index in [4.69, 9.17) is 11.6 Å². The van der Waals surface area contributed by atoms with Crippen LogP contribution in [0.3, 0.4) is 0 Å². The molecular weight excluding hydrogens is 294 g/mol. The van der Waals surface area contributed by atoms with Crippen molar-refractivity contribution in [3.8, 4) is 0 Å². The summed E-state index contributed by atoms with van der Waals surface area (Å²) in [5.74, 6) is -1.93. The highest BCUT2D eigenvalue weighted by Crippen LogP contribution is 2.42. The predicted molar refractivity (Wildman–Crippen MR) is 78.5 cm³/mol. The van der Waals surface area contributed by atoms with Crippen LogP contribution in [-0.4, -0.2) is 22.9 Å². The minimum absolute atomic E-state index is 0.0498. The Morgan fingerprint density at radius 2 is 1.95 bits per heavy atom. The first-order chi connectivity index (χ1) is 9.86. The van der Waals surface area contributed by atoms with Crippen LogP contribution in [0.1, 0.15) is 43.5 Å². The van der Waals surface area contributed by atoms with Crippen molar-refractivity contribution in [2.75, 3.05) is 4.90 Å². The van der Waals surface area contributed by atoms with Crippen molar-refractivity contribution in [1.82, 2.24) is 0 Å². The summed E-state index contributed by atoms with van der Waals surface area (Å²) < 4.78 is 0. The van der Waals surface area contributed by atoms with Gasteiger partial charge in [-0.15, -0.1) is 0 Å². The number of carboxylic acids is 1. The Kier molecular flexibility index (Phi) is 4.05. The van der Waals surface area contributed by atoms with E-state index in [9.17, 15) is 19.5 Å². The number of carbonyl (C=O) groups is 3. The van der Waals surface area contributed by atoms with E-state index >= 15 is 0 Å². The van der Waals surface area contributed by atoms with E-state index in [-0.39, 0.29) is 34.5 Å². The Morgan fingerprint density at radius 1 is 1.33 bits per heavy atom. The average Bonchev–Trinajstić information content (AvgIpc) is 2.69. The van der Waals surface area contributed by atoms with Gasteiger partial charge in [0, 0.05) is 11.4 Å². The zero-order valence-electron chi connectivity index (χ0n) is 11.9. The standard InChI is InChI=1S/C15H16ClNO4/c1-3-15(4-2)8-12(18)17(14(15)21)11-7-9(16)5-6-10(11)13(19)20/h5-7H,3-4,8H2,1-2H3,(H,19,20). The molecule has 0 atom stereocenters. The zero-order chi connectivity index (χ0) is 15.8. The largest absolute Gasteiger partial charge is 0.478 e. The van der Waals surface area contributed by atoms with Crippen LogP contribution in [0.25, 0.3) is 0 Å². The number of hydrogen-bond donors (Lipinski definition) is 1. The lowest BCUT2D eigenvalue weighted by Crippen LogP contribution is -2.36. The summed E-state index contributed by atoms with van der Waals surface area (Å²) in [6.07, 6.45) is 1.17. The molecule has 0 saturated carbocycles. The lowest BCUT2D eigenvalue weighted by Gasteiger charge is -2.24. The third kappa shape index (κ3) is 2.42. The van der Waals surface area contributed by atoms with Gasteiger partial charge in [-0.25, -0.2) is 9.69 Å². The Balaban J connectivity index is 2.57. The topological polar surface area (TPSA) is 74.7 Å². The fourth-order valence-electron chi connectivity index (χ4n) is 2.71. The van der Waals surface area contributed by atoms with Gasteiger partial charge in [0.1, 0.15) is 0 Å². The third-order valence-corrected chi connectivity index (χ3v) is 4.42. The van der Waals surface area contributed by atoms with Crippen molar-refractivity contribution in [2.45, 2.75) is 33.1 Å². The second-order valence-electron chi connectivity index (χ2n) is 5.17. The number of imide groups is 1. The van der Waals surface area contributed by atoms with E-state index in [0.717, 1.165) is 4.90 Å². The molecule has 0 spiro atoms. The first kappa shape index (κ1) is 15.5. The van der Waals surface area contributed by atoms with Crippen molar-refractivity contribution in [2.24, 2.45) is 5.41 Å². The summed E-state index contributed by atoms with van der Waals surface area (Å²) in [7, 11) is 0. The van der Waals surface area contributed by atoms with Crippen molar-refractivity contribution < 1.29 is 19.5 Å². The number of carboxylic acid groups (broad SMARTS) is 1. The van der Waals surface area contributed by atoms with Gasteiger partial charge in [-0.2, -0.15) is 0 Å². The Morgan fingerprint density at radius 3 is 2.43 bits per heavy atom. The molecule has 1 heterocycles. The molecule has 112 valence electrons. The lowest BCUT2D eigenvalue weighted by atomic mass is 9.81. The Hall–Kier alpha value is -1.88. The van der Waals surface area contributed by atoms with Crippen LogP contribution in [0, 0.1) is 5.41 Å². The molecule has 0 radical (unpaired) electrons. The van der Waals surface area contributed by atoms with Crippen molar-refractivity contribution in [3.05, 3.63) is 28.8 Å². The van der Waals surface area contributed by atoms with Crippen LogP contribution >= 0.6 is 11.6 Å². The normalized spacial score (nSPS) is 17.4. The van der Waals surface area contributed by atoms with Gasteiger partial charge in [0.15, 0.2) is 0 Å². The number of halogens is 1. The number of benzene rings is 1. The summed E-state index contributed by atoms with van der Waals surface area (Å²) in [6, 6.07) is 4.08. The van der Waals surface area contributed by atoms with Gasteiger partial charge < -0.3 is 5.11 Å². The summed E-state index contributed by atoms with van der Waals surface area (Å²) >= 11 is 5.89. The van der Waals surface area contributed by atoms with E-state index in [2.05, 4.69) is 0 Å². The van der Waals surface area contributed by atoms with Crippen LogP contribution in [0.15, 0.2) is 18.2 Å². The van der Waals surface area contributed by atoms with E-state index in [1.807, 2.05) is 13.8 Å². The van der Waals surface area contributed by atoms with Gasteiger partial charge in [-0.1, -0.05) is 25.4 Å². The molecule has 1 aliphatic heterocycles. The predicted octanol–water partition coefficient (Wildman–Crippen LogP) is 3.11. The number of hydrogen-bond acceptors (Lipinski definition) is 3. The molecule has 0 aliphatic carbocycles. The molecule has 1 N–H and O–H groups in total. The van der Waals surface area contributed by atoms with Crippen LogP contribution in [0.5, 0.6) is 0 Å². The number of rotatable bonds is 4. The van der Waals surface area contributed by atoms with E-state index in [1.165, 1.54) is 18.2 Å². The third-order valence-electron chi connectivity index (χ3n) is 4.18. The summed E-state index contributed by atoms with van der Waals surface area (Å²) in [6.45, 7) is 3.71. The zero-order valence-corrected chi connectivity index (χ0v) is 12.6. The minimum atomic E-state index is -1.20. The van der Waals surface area contributed by atoms with Gasteiger partial charge in [0.25, 0.3) is 0 Å². The summed E-state index contributed by atoms with van der Waals surface area (Å²) in [4.78, 5) is 37.2. The molecule has 0 unspecified atom stereocenters. The number of aromatic carboxylic acids is 1. The van der Waals surface area contributed by atoms with Crippen molar-refractivity contribution in [1.29, 1.82) is 0 Å². The molecule has 1 aliphatic rings. The van der Waals surface area contributed by atoms with Crippen LogP contribution < -0.4 is 4.90 Å². The maximum Gasteiger partial charge on any atom is 0.337 e. The van der Waals surface area contributed by atoms with Gasteiger partial charge in [0.05, 0.1) is 16.7 Å².